The van der Waals surface area contributed by atoms with Crippen LogP contribution < -0.4 is 5.32 Å². The number of aliphatic carboxylic acids is 1. The summed E-state index contributed by atoms with van der Waals surface area (Å²) in [7, 11) is 0. The van der Waals surface area contributed by atoms with Gasteiger partial charge in [-0.05, 0) is 0 Å². The molecule has 0 spiro atoms. The molecule has 0 fully saturated rings. The van der Waals surface area contributed by atoms with Crippen LogP contribution in [0, 0.1) is 11.3 Å². The summed E-state index contributed by atoms with van der Waals surface area (Å²) >= 11 is 0. The van der Waals surface area contributed by atoms with Crippen LogP contribution in [0.4, 0.5) is 0 Å². The van der Waals surface area contributed by atoms with E-state index >= 15 is 0 Å². The van der Waals surface area contributed by atoms with Gasteiger partial charge in [0.1, 0.15) is 0 Å². The number of carbonyl (C=O) groups excluding carboxylic acids is 1. The zero-order valence-corrected chi connectivity index (χ0v) is 6.54. The van der Waals surface area contributed by atoms with Crippen molar-refractivity contribution in [3.8, 4) is 6.07 Å². The second kappa shape index (κ2) is 6.16. The summed E-state index contributed by atoms with van der Waals surface area (Å²) in [4.78, 5) is 20.7. The lowest BCUT2D eigenvalue weighted by atomic mass is 10.3. The molecule has 0 aromatic rings. The maximum atomic E-state index is 10.7. The molecular weight excluding hydrogens is 160 g/mol. The molecule has 0 unspecified atom stereocenters. The minimum Gasteiger partial charge on any atom is -0.481 e. The van der Waals surface area contributed by atoms with E-state index in [0.29, 0.717) is 0 Å². The highest BCUT2D eigenvalue weighted by molar-refractivity contribution is 5.80. The molecule has 0 rings (SSSR count). The molecule has 0 saturated carbocycles. The van der Waals surface area contributed by atoms with Gasteiger partial charge in [-0.3, -0.25) is 9.59 Å². The first-order chi connectivity index (χ1) is 5.66. The van der Waals surface area contributed by atoms with Crippen LogP contribution >= 0.6 is 0 Å². The van der Waals surface area contributed by atoms with Crippen molar-refractivity contribution in [3.63, 3.8) is 0 Å². The molecule has 5 nitrogen and oxygen atoms in total. The van der Waals surface area contributed by atoms with Crippen LogP contribution in [0.25, 0.3) is 0 Å². The van der Waals surface area contributed by atoms with Gasteiger partial charge in [0.25, 0.3) is 0 Å². The first kappa shape index (κ1) is 10.4. The summed E-state index contributed by atoms with van der Waals surface area (Å²) in [5.41, 5.74) is 0. The molecule has 0 aromatic carbocycles. The van der Waals surface area contributed by atoms with E-state index in [-0.39, 0.29) is 31.7 Å². The Morgan fingerprint density at radius 2 is 2.08 bits per heavy atom. The highest BCUT2D eigenvalue weighted by Crippen LogP contribution is 1.88. The first-order valence-corrected chi connectivity index (χ1v) is 3.52. The normalized spacial score (nSPS) is 8.58. The van der Waals surface area contributed by atoms with E-state index in [0.717, 1.165) is 0 Å². The summed E-state index contributed by atoms with van der Waals surface area (Å²) in [6, 6.07) is 1.86. The lowest BCUT2D eigenvalue weighted by molar-refractivity contribution is -0.138. The maximum Gasteiger partial charge on any atom is 0.303 e. The Bertz CT molecular complexity index is 207. The summed E-state index contributed by atoms with van der Waals surface area (Å²) in [6.45, 7) is 0.287. The van der Waals surface area contributed by atoms with Crippen molar-refractivity contribution in [2.75, 3.05) is 6.54 Å². The van der Waals surface area contributed by atoms with E-state index in [1.165, 1.54) is 0 Å². The Kier molecular flexibility index (Phi) is 5.35. The van der Waals surface area contributed by atoms with Crippen LogP contribution in [0.1, 0.15) is 19.3 Å². The van der Waals surface area contributed by atoms with Crippen molar-refractivity contribution in [2.45, 2.75) is 19.3 Å². The molecule has 2 N–H and O–H groups in total. The third-order valence-electron chi connectivity index (χ3n) is 1.12. The lowest BCUT2D eigenvalue weighted by Crippen LogP contribution is -2.24. The minimum atomic E-state index is -0.995. The number of nitriles is 1. The zero-order valence-electron chi connectivity index (χ0n) is 6.54. The van der Waals surface area contributed by atoms with Crippen LogP contribution in [-0.4, -0.2) is 23.5 Å². The fourth-order valence-electron chi connectivity index (χ4n) is 0.567. The number of carboxylic acids is 1. The molecule has 0 radical (unpaired) electrons. The van der Waals surface area contributed by atoms with Crippen molar-refractivity contribution >= 4 is 11.9 Å². The predicted octanol–water partition coefficient (Wildman–Crippen LogP) is -0.119. The topological polar surface area (TPSA) is 90.2 Å². The monoisotopic (exact) mass is 170 g/mol. The van der Waals surface area contributed by atoms with Gasteiger partial charge in [-0.1, -0.05) is 0 Å². The van der Waals surface area contributed by atoms with Gasteiger partial charge >= 0.3 is 5.97 Å². The van der Waals surface area contributed by atoms with Gasteiger partial charge in [0.05, 0.1) is 18.9 Å². The van der Waals surface area contributed by atoms with Crippen molar-refractivity contribution in [2.24, 2.45) is 0 Å². The molecule has 0 aliphatic rings. The number of hydrogen-bond acceptors (Lipinski definition) is 3. The number of nitrogens with zero attached hydrogens (tertiary/aromatic N) is 1. The van der Waals surface area contributed by atoms with Crippen molar-refractivity contribution in [1.29, 1.82) is 5.26 Å². The third kappa shape index (κ3) is 6.55. The fourth-order valence-corrected chi connectivity index (χ4v) is 0.567. The molecule has 0 aliphatic carbocycles. The number of hydrogen-bond donors (Lipinski definition) is 2. The van der Waals surface area contributed by atoms with Crippen LogP contribution in [0.15, 0.2) is 0 Å². The molecule has 0 heterocycles. The average molecular weight is 170 g/mol. The van der Waals surface area contributed by atoms with E-state index in [1.54, 1.807) is 0 Å². The molecule has 66 valence electrons. The predicted molar refractivity (Wildman–Crippen MR) is 40.1 cm³/mol. The van der Waals surface area contributed by atoms with Crippen LogP contribution in [0.2, 0.25) is 0 Å². The molecule has 0 bridgehead atoms. The second-order valence-corrected chi connectivity index (χ2v) is 2.15. The highest BCUT2D eigenvalue weighted by Gasteiger charge is 2.03. The molecule has 0 aromatic heterocycles. The van der Waals surface area contributed by atoms with Crippen molar-refractivity contribution in [3.05, 3.63) is 0 Å². The van der Waals surface area contributed by atoms with E-state index in [1.807, 2.05) is 6.07 Å². The third-order valence-corrected chi connectivity index (χ3v) is 1.12. The number of amides is 1. The Balaban J connectivity index is 3.35. The largest absolute Gasteiger partial charge is 0.481 e. The standard InChI is InChI=1S/C7H10N2O3/c8-4-1-5-9-6(10)2-3-7(11)12/h1-3,5H2,(H,9,10)(H,11,12). The van der Waals surface area contributed by atoms with Crippen molar-refractivity contribution < 1.29 is 14.7 Å². The second-order valence-electron chi connectivity index (χ2n) is 2.15. The first-order valence-electron chi connectivity index (χ1n) is 3.52. The van der Waals surface area contributed by atoms with Gasteiger partial charge in [-0.25, -0.2) is 0 Å². The molecule has 0 saturated heterocycles. The Labute approximate surface area is 70.0 Å². The Morgan fingerprint density at radius 3 is 2.58 bits per heavy atom. The van der Waals surface area contributed by atoms with Gasteiger partial charge in [0.2, 0.25) is 5.91 Å². The van der Waals surface area contributed by atoms with E-state index in [2.05, 4.69) is 5.32 Å². The smallest absolute Gasteiger partial charge is 0.303 e. The average Bonchev–Trinajstić information content (AvgIpc) is 2.01. The Hall–Kier alpha value is -1.57. The fraction of sp³-hybridized carbons (Fsp3) is 0.571. The zero-order chi connectivity index (χ0) is 9.40. The van der Waals surface area contributed by atoms with Crippen molar-refractivity contribution in [1.82, 2.24) is 5.32 Å². The number of carbonyl (C=O) groups is 2. The summed E-state index contributed by atoms with van der Waals surface area (Å²) < 4.78 is 0. The molecule has 12 heavy (non-hydrogen) atoms. The molecule has 1 amide bonds. The summed E-state index contributed by atoms with van der Waals surface area (Å²) in [5.74, 6) is -1.32. The number of nitrogens with one attached hydrogen (secondary N) is 1. The minimum absolute atomic E-state index is 0.0270. The molecular formula is C7H10N2O3. The highest BCUT2D eigenvalue weighted by atomic mass is 16.4. The van der Waals surface area contributed by atoms with E-state index in [9.17, 15) is 9.59 Å². The lowest BCUT2D eigenvalue weighted by Gasteiger charge is -1.99. The van der Waals surface area contributed by atoms with Crippen LogP contribution in [-0.2, 0) is 9.59 Å². The SMILES string of the molecule is N#CCCNC(=O)CCC(=O)O. The van der Waals surface area contributed by atoms with Gasteiger partial charge < -0.3 is 10.4 Å². The van der Waals surface area contributed by atoms with Crippen LogP contribution in [0.3, 0.4) is 0 Å². The Morgan fingerprint density at radius 1 is 1.42 bits per heavy atom. The number of carboxylic acid groups (broad SMARTS) is 1. The van der Waals surface area contributed by atoms with Gasteiger partial charge in [-0.15, -0.1) is 0 Å². The molecule has 5 heteroatoms. The molecule has 0 aliphatic heterocycles. The van der Waals surface area contributed by atoms with Crippen LogP contribution in [0.5, 0.6) is 0 Å². The maximum absolute atomic E-state index is 10.7. The number of rotatable bonds is 5. The summed E-state index contributed by atoms with van der Waals surface area (Å²) in [5, 5.41) is 18.7. The molecule has 0 atom stereocenters. The van der Waals surface area contributed by atoms with Gasteiger partial charge in [0, 0.05) is 13.0 Å². The summed E-state index contributed by atoms with van der Waals surface area (Å²) in [6.07, 6.45) is 0.0535. The van der Waals surface area contributed by atoms with E-state index < -0.39 is 5.97 Å². The van der Waals surface area contributed by atoms with Gasteiger partial charge in [-0.2, -0.15) is 5.26 Å². The van der Waals surface area contributed by atoms with E-state index in [4.69, 9.17) is 10.4 Å². The quantitative estimate of drug-likeness (QED) is 0.563. The van der Waals surface area contributed by atoms with Gasteiger partial charge in [0.15, 0.2) is 0 Å².